The molecule has 0 fully saturated rings. The fourth-order valence-corrected chi connectivity index (χ4v) is 2.15. The number of hydrogen-bond acceptors (Lipinski definition) is 3. The fraction of sp³-hybridized carbons (Fsp3) is 0.833. The average molecular weight is 394 g/mol. The Bertz CT molecular complexity index is 154. The lowest BCUT2D eigenvalue weighted by molar-refractivity contribution is -0.120. The van der Waals surface area contributed by atoms with E-state index < -0.39 is 11.8 Å². The van der Waals surface area contributed by atoms with Crippen molar-refractivity contribution in [3.05, 3.63) is 0 Å². The summed E-state index contributed by atoms with van der Waals surface area (Å²) in [4.78, 5) is 10.8. The van der Waals surface area contributed by atoms with Gasteiger partial charge in [-0.05, 0) is 5.92 Å². The first-order valence-corrected chi connectivity index (χ1v) is 5.14. The average Bonchev–Trinajstić information content (AvgIpc) is 1.98. The third-order valence-electron chi connectivity index (χ3n) is 1.43. The number of rotatable bonds is 5. The lowest BCUT2D eigenvalue weighted by atomic mass is 9.89. The second-order valence-electron chi connectivity index (χ2n) is 2.71. The van der Waals surface area contributed by atoms with Gasteiger partial charge in [-0.25, -0.2) is 0 Å². The molecule has 0 aliphatic rings. The quantitative estimate of drug-likeness (QED) is 0.528. The van der Waals surface area contributed by atoms with Crippen molar-refractivity contribution in [3.63, 3.8) is 0 Å². The predicted octanol–water partition coefficient (Wildman–Crippen LogP) is 1.81. The molecule has 0 saturated heterocycles. The standard InChI is InChI=1S/C6H9BI2O3/c1-3(2)4(11-8)5(12-9)6(7)10/h3-5H,1-2H3/t4?,5-/m1/s1. The van der Waals surface area contributed by atoms with Gasteiger partial charge in [0.05, 0.1) is 0 Å². The number of carbonyl (C=O) groups is 1. The molecule has 1 unspecified atom stereocenters. The molecule has 0 rings (SSSR count). The van der Waals surface area contributed by atoms with Crippen LogP contribution in [0.5, 0.6) is 0 Å². The third-order valence-corrected chi connectivity index (χ3v) is 2.57. The van der Waals surface area contributed by atoms with Gasteiger partial charge in [0, 0.05) is 0 Å². The van der Waals surface area contributed by atoms with Crippen LogP contribution < -0.4 is 0 Å². The van der Waals surface area contributed by atoms with Crippen molar-refractivity contribution >= 4 is 59.5 Å². The van der Waals surface area contributed by atoms with Crippen LogP contribution in [0.15, 0.2) is 0 Å². The molecule has 12 heavy (non-hydrogen) atoms. The molecule has 2 atom stereocenters. The van der Waals surface area contributed by atoms with Crippen molar-refractivity contribution in [2.45, 2.75) is 26.1 Å². The monoisotopic (exact) mass is 394 g/mol. The van der Waals surface area contributed by atoms with E-state index in [9.17, 15) is 4.79 Å². The largest absolute Gasteiger partial charge is 0.310 e. The molecule has 68 valence electrons. The molecule has 0 aromatic carbocycles. The highest BCUT2D eigenvalue weighted by atomic mass is 127. The normalized spacial score (nSPS) is 16.1. The van der Waals surface area contributed by atoms with Crippen LogP contribution in [0.3, 0.4) is 0 Å². The van der Waals surface area contributed by atoms with E-state index in [1.54, 1.807) is 46.0 Å². The van der Waals surface area contributed by atoms with Crippen LogP contribution in [0, 0.1) is 5.92 Å². The first-order chi connectivity index (χ1) is 5.54. The van der Waals surface area contributed by atoms with Crippen LogP contribution in [0.2, 0.25) is 0 Å². The zero-order chi connectivity index (χ0) is 9.72. The van der Waals surface area contributed by atoms with Crippen LogP contribution in [-0.2, 0) is 10.9 Å². The van der Waals surface area contributed by atoms with Gasteiger partial charge in [-0.2, -0.15) is 0 Å². The van der Waals surface area contributed by atoms with E-state index in [-0.39, 0.29) is 12.0 Å². The zero-order valence-corrected chi connectivity index (χ0v) is 11.1. The molecule has 0 N–H and O–H groups in total. The summed E-state index contributed by atoms with van der Waals surface area (Å²) in [6, 6.07) is 0. The summed E-state index contributed by atoms with van der Waals surface area (Å²) >= 11 is 3.40. The first-order valence-electron chi connectivity index (χ1n) is 3.38. The molecule has 0 aliphatic carbocycles. The Morgan fingerprint density at radius 3 is 1.92 bits per heavy atom. The topological polar surface area (TPSA) is 35.5 Å². The molecule has 0 aliphatic heterocycles. The molecule has 3 nitrogen and oxygen atoms in total. The van der Waals surface area contributed by atoms with Crippen LogP contribution in [0.1, 0.15) is 13.8 Å². The summed E-state index contributed by atoms with van der Waals surface area (Å²) < 4.78 is 9.96. The second-order valence-corrected chi connectivity index (χ2v) is 3.73. The van der Waals surface area contributed by atoms with Gasteiger partial charge in [0.25, 0.3) is 0 Å². The minimum Gasteiger partial charge on any atom is -0.310 e. The van der Waals surface area contributed by atoms with Crippen molar-refractivity contribution in [1.29, 1.82) is 0 Å². The van der Waals surface area contributed by atoms with Crippen molar-refractivity contribution in [1.82, 2.24) is 0 Å². The summed E-state index contributed by atoms with van der Waals surface area (Å²) in [6.07, 6.45) is -0.970. The Morgan fingerprint density at radius 2 is 1.83 bits per heavy atom. The van der Waals surface area contributed by atoms with Gasteiger partial charge in [-0.3, -0.25) is 0 Å². The van der Waals surface area contributed by atoms with Crippen LogP contribution in [-0.4, -0.2) is 25.7 Å². The van der Waals surface area contributed by atoms with Gasteiger partial charge in [-0.1, -0.05) is 13.8 Å². The summed E-state index contributed by atoms with van der Waals surface area (Å²) in [6.45, 7) is 3.88. The predicted molar refractivity (Wildman–Crippen MR) is 63.4 cm³/mol. The first kappa shape index (κ1) is 13.1. The Hall–Kier alpha value is 1.11. The second kappa shape index (κ2) is 6.55. The fourth-order valence-electron chi connectivity index (χ4n) is 0.756. The number of carbonyl (C=O) groups excluding carboxylic acids is 1. The lowest BCUT2D eigenvalue weighted by Crippen LogP contribution is -2.38. The third kappa shape index (κ3) is 3.88. The van der Waals surface area contributed by atoms with E-state index in [1.807, 2.05) is 13.8 Å². The maximum atomic E-state index is 10.8. The van der Waals surface area contributed by atoms with Crippen LogP contribution in [0.25, 0.3) is 0 Å². The summed E-state index contributed by atoms with van der Waals surface area (Å²) in [5.74, 6) is 0.189. The molecule has 0 aromatic heterocycles. The van der Waals surface area contributed by atoms with Crippen LogP contribution in [0.4, 0.5) is 0 Å². The molecule has 0 amide bonds. The Kier molecular flexibility index (Phi) is 7.16. The summed E-state index contributed by atoms with van der Waals surface area (Å²) in [5, 5.41) is 0. The Balaban J connectivity index is 4.33. The Morgan fingerprint density at radius 1 is 1.33 bits per heavy atom. The van der Waals surface area contributed by atoms with Crippen molar-refractivity contribution in [2.24, 2.45) is 5.92 Å². The lowest BCUT2D eigenvalue weighted by Gasteiger charge is -2.23. The maximum Gasteiger partial charge on any atom is 0.171 e. The molecule has 2 radical (unpaired) electrons. The molecular formula is C6H9BI2O3. The van der Waals surface area contributed by atoms with Gasteiger partial charge in [0.1, 0.15) is 63.9 Å². The summed E-state index contributed by atoms with van der Waals surface area (Å²) in [7, 11) is 5.11. The zero-order valence-electron chi connectivity index (χ0n) is 6.79. The van der Waals surface area contributed by atoms with Crippen LogP contribution >= 0.6 is 46.0 Å². The van der Waals surface area contributed by atoms with Gasteiger partial charge in [-0.15, -0.1) is 0 Å². The van der Waals surface area contributed by atoms with Gasteiger partial charge in [0.15, 0.2) is 7.85 Å². The highest BCUT2D eigenvalue weighted by Gasteiger charge is 2.28. The molecule has 0 spiro atoms. The smallest absolute Gasteiger partial charge is 0.171 e. The molecule has 0 bridgehead atoms. The van der Waals surface area contributed by atoms with E-state index in [4.69, 9.17) is 14.0 Å². The number of halogens is 2. The molecule has 0 saturated carbocycles. The van der Waals surface area contributed by atoms with E-state index in [2.05, 4.69) is 0 Å². The molecule has 6 heteroatoms. The highest BCUT2D eigenvalue weighted by molar-refractivity contribution is 14.1. The van der Waals surface area contributed by atoms with Gasteiger partial charge >= 0.3 is 0 Å². The molecule has 0 heterocycles. The van der Waals surface area contributed by atoms with E-state index in [1.165, 1.54) is 0 Å². The molecular weight excluding hydrogens is 385 g/mol. The van der Waals surface area contributed by atoms with Gasteiger partial charge in [0.2, 0.25) is 0 Å². The van der Waals surface area contributed by atoms with Crippen molar-refractivity contribution in [3.8, 4) is 0 Å². The van der Waals surface area contributed by atoms with Gasteiger partial charge < -0.3 is 10.9 Å². The van der Waals surface area contributed by atoms with E-state index >= 15 is 0 Å². The molecule has 0 aromatic rings. The van der Waals surface area contributed by atoms with E-state index in [0.717, 1.165) is 0 Å². The van der Waals surface area contributed by atoms with E-state index in [0.29, 0.717) is 0 Å². The SMILES string of the molecule is [B]C(=O)[C@H](OI)C(OI)C(C)C. The highest BCUT2D eigenvalue weighted by Crippen LogP contribution is 2.18. The maximum absolute atomic E-state index is 10.8. The van der Waals surface area contributed by atoms with Crippen molar-refractivity contribution < 1.29 is 10.9 Å². The summed E-state index contributed by atoms with van der Waals surface area (Å²) in [5.41, 5.74) is -0.500. The Labute approximate surface area is 102 Å². The number of hydrogen-bond donors (Lipinski definition) is 0. The minimum absolute atomic E-state index is 0.189. The van der Waals surface area contributed by atoms with Crippen molar-refractivity contribution in [2.75, 3.05) is 0 Å². The minimum atomic E-state index is -0.678.